The zero-order chi connectivity index (χ0) is 13.5. The van der Waals surface area contributed by atoms with Crippen LogP contribution < -0.4 is 4.74 Å². The molecule has 0 spiro atoms. The van der Waals surface area contributed by atoms with Crippen LogP contribution in [-0.2, 0) is 4.74 Å². The summed E-state index contributed by atoms with van der Waals surface area (Å²) in [6, 6.07) is 4.21. The zero-order valence-corrected chi connectivity index (χ0v) is 10.6. The Kier molecular flexibility index (Phi) is 6.04. The van der Waals surface area contributed by atoms with E-state index in [-0.39, 0.29) is 18.8 Å². The number of halogens is 1. The van der Waals surface area contributed by atoms with Gasteiger partial charge in [0.2, 0.25) is 0 Å². The Bertz CT molecular complexity index is 368. The highest BCUT2D eigenvalue weighted by Crippen LogP contribution is 2.21. The first-order valence-corrected chi connectivity index (χ1v) is 5.90. The van der Waals surface area contributed by atoms with Crippen molar-refractivity contribution in [2.75, 3.05) is 19.8 Å². The van der Waals surface area contributed by atoms with E-state index >= 15 is 0 Å². The Morgan fingerprint density at radius 1 is 1.28 bits per heavy atom. The molecule has 1 aromatic rings. The molecule has 0 aliphatic heterocycles. The molecule has 0 fully saturated rings. The molecule has 0 radical (unpaired) electrons. The second kappa shape index (κ2) is 7.31. The second-order valence-electron chi connectivity index (χ2n) is 3.98. The second-order valence-corrected chi connectivity index (χ2v) is 3.98. The van der Waals surface area contributed by atoms with Gasteiger partial charge in [0.1, 0.15) is 24.3 Å². The maximum Gasteiger partial charge on any atom is 0.132 e. The van der Waals surface area contributed by atoms with Crippen molar-refractivity contribution in [3.8, 4) is 5.75 Å². The third-order valence-corrected chi connectivity index (χ3v) is 2.38. The average Bonchev–Trinajstić information content (AvgIpc) is 2.33. The molecule has 5 heteroatoms. The summed E-state index contributed by atoms with van der Waals surface area (Å²) < 4.78 is 23.8. The van der Waals surface area contributed by atoms with Gasteiger partial charge < -0.3 is 19.7 Å². The molecular formula is C13H19FO4. The minimum absolute atomic E-state index is 0.0352. The van der Waals surface area contributed by atoms with Crippen molar-refractivity contribution in [1.82, 2.24) is 0 Å². The summed E-state index contributed by atoms with van der Waals surface area (Å²) >= 11 is 0. The Hall–Kier alpha value is -1.17. The monoisotopic (exact) mass is 258 g/mol. The van der Waals surface area contributed by atoms with E-state index in [0.29, 0.717) is 12.4 Å². The molecule has 0 saturated heterocycles. The minimum atomic E-state index is -0.859. The van der Waals surface area contributed by atoms with Crippen molar-refractivity contribution in [2.24, 2.45) is 0 Å². The largest absolute Gasteiger partial charge is 0.491 e. The number of ether oxygens (including phenoxy) is 2. The molecule has 0 heterocycles. The van der Waals surface area contributed by atoms with Gasteiger partial charge >= 0.3 is 0 Å². The summed E-state index contributed by atoms with van der Waals surface area (Å²) in [4.78, 5) is 0. The molecule has 1 rings (SSSR count). The minimum Gasteiger partial charge on any atom is -0.491 e. The van der Waals surface area contributed by atoms with Crippen molar-refractivity contribution in [3.63, 3.8) is 0 Å². The van der Waals surface area contributed by atoms with Gasteiger partial charge in [0.25, 0.3) is 0 Å². The summed E-state index contributed by atoms with van der Waals surface area (Å²) in [5, 5.41) is 18.7. The molecule has 4 nitrogen and oxygen atoms in total. The SMILES string of the molecule is CCOCC(O)COc1ccc([C@H](C)O)c(F)c1. The number of rotatable bonds is 7. The lowest BCUT2D eigenvalue weighted by atomic mass is 10.1. The summed E-state index contributed by atoms with van der Waals surface area (Å²) in [5.74, 6) is -0.214. The van der Waals surface area contributed by atoms with Crippen LogP contribution in [0.3, 0.4) is 0 Å². The van der Waals surface area contributed by atoms with Crippen molar-refractivity contribution in [3.05, 3.63) is 29.6 Å². The molecule has 0 saturated carbocycles. The van der Waals surface area contributed by atoms with E-state index in [1.54, 1.807) is 6.07 Å². The van der Waals surface area contributed by atoms with Crippen LogP contribution in [0.25, 0.3) is 0 Å². The van der Waals surface area contributed by atoms with Gasteiger partial charge in [-0.3, -0.25) is 0 Å². The highest BCUT2D eigenvalue weighted by atomic mass is 19.1. The van der Waals surface area contributed by atoms with Crippen LogP contribution in [0.2, 0.25) is 0 Å². The summed E-state index contributed by atoms with van der Waals surface area (Å²) in [6.07, 6.45) is -1.60. The third kappa shape index (κ3) is 4.60. The highest BCUT2D eigenvalue weighted by molar-refractivity contribution is 5.30. The van der Waals surface area contributed by atoms with Crippen LogP contribution in [0.5, 0.6) is 5.75 Å². The summed E-state index contributed by atoms with van der Waals surface area (Å²) in [6.45, 7) is 4.06. The van der Waals surface area contributed by atoms with Gasteiger partial charge in [-0.05, 0) is 26.0 Å². The maximum absolute atomic E-state index is 13.5. The molecule has 102 valence electrons. The molecule has 1 aromatic carbocycles. The van der Waals surface area contributed by atoms with Gasteiger partial charge in [-0.2, -0.15) is 0 Å². The maximum atomic E-state index is 13.5. The number of hydrogen-bond acceptors (Lipinski definition) is 4. The van der Waals surface area contributed by atoms with Gasteiger partial charge in [-0.15, -0.1) is 0 Å². The van der Waals surface area contributed by atoms with Gasteiger partial charge in [-0.25, -0.2) is 4.39 Å². The van der Waals surface area contributed by atoms with Crippen molar-refractivity contribution in [2.45, 2.75) is 26.1 Å². The Morgan fingerprint density at radius 3 is 2.56 bits per heavy atom. The lowest BCUT2D eigenvalue weighted by molar-refractivity contribution is 0.0164. The van der Waals surface area contributed by atoms with E-state index in [2.05, 4.69) is 0 Å². The zero-order valence-electron chi connectivity index (χ0n) is 10.6. The molecular weight excluding hydrogens is 239 g/mol. The van der Waals surface area contributed by atoms with Gasteiger partial charge in [0.15, 0.2) is 0 Å². The standard InChI is InChI=1S/C13H19FO4/c1-3-17-7-10(16)8-18-11-4-5-12(9(2)15)13(14)6-11/h4-6,9-10,15-16H,3,7-8H2,1-2H3/t9-,10?/m0/s1. The molecule has 0 amide bonds. The molecule has 2 N–H and O–H groups in total. The summed E-state index contributed by atoms with van der Waals surface area (Å²) in [7, 11) is 0. The molecule has 18 heavy (non-hydrogen) atoms. The smallest absolute Gasteiger partial charge is 0.132 e. The first kappa shape index (κ1) is 14.9. The van der Waals surface area contributed by atoms with E-state index in [4.69, 9.17) is 9.47 Å². The fourth-order valence-corrected chi connectivity index (χ4v) is 1.43. The number of hydrogen-bond donors (Lipinski definition) is 2. The lowest BCUT2D eigenvalue weighted by Gasteiger charge is -2.13. The van der Waals surface area contributed by atoms with E-state index in [0.717, 1.165) is 0 Å². The normalized spacial score (nSPS) is 14.3. The van der Waals surface area contributed by atoms with Crippen molar-refractivity contribution >= 4 is 0 Å². The average molecular weight is 258 g/mol. The first-order valence-electron chi connectivity index (χ1n) is 5.90. The molecule has 0 aliphatic rings. The van der Waals surface area contributed by atoms with E-state index < -0.39 is 18.0 Å². The quantitative estimate of drug-likeness (QED) is 0.781. The molecule has 2 atom stereocenters. The summed E-state index contributed by atoms with van der Waals surface area (Å²) in [5.41, 5.74) is 0.220. The third-order valence-electron chi connectivity index (χ3n) is 2.38. The molecule has 0 aromatic heterocycles. The van der Waals surface area contributed by atoms with Gasteiger partial charge in [0, 0.05) is 18.2 Å². The predicted molar refractivity (Wildman–Crippen MR) is 65.0 cm³/mol. The van der Waals surface area contributed by atoms with Gasteiger partial charge in [0.05, 0.1) is 12.7 Å². The van der Waals surface area contributed by atoms with Gasteiger partial charge in [-0.1, -0.05) is 0 Å². The Labute approximate surface area is 106 Å². The molecule has 0 bridgehead atoms. The lowest BCUT2D eigenvalue weighted by Crippen LogP contribution is -2.23. The Morgan fingerprint density at radius 2 is 2.00 bits per heavy atom. The molecule has 0 aliphatic carbocycles. The van der Waals surface area contributed by atoms with Crippen molar-refractivity contribution < 1.29 is 24.1 Å². The van der Waals surface area contributed by atoms with Crippen LogP contribution in [-0.4, -0.2) is 36.1 Å². The van der Waals surface area contributed by atoms with Crippen LogP contribution in [0.15, 0.2) is 18.2 Å². The van der Waals surface area contributed by atoms with Crippen LogP contribution in [0, 0.1) is 5.82 Å². The van der Waals surface area contributed by atoms with Crippen molar-refractivity contribution in [1.29, 1.82) is 0 Å². The van der Waals surface area contributed by atoms with E-state index in [1.165, 1.54) is 19.1 Å². The van der Waals surface area contributed by atoms with Crippen LogP contribution in [0.1, 0.15) is 25.5 Å². The highest BCUT2D eigenvalue weighted by Gasteiger charge is 2.10. The van der Waals surface area contributed by atoms with E-state index in [9.17, 15) is 14.6 Å². The number of aliphatic hydroxyl groups excluding tert-OH is 2. The first-order chi connectivity index (χ1) is 8.54. The molecule has 1 unspecified atom stereocenters. The fraction of sp³-hybridized carbons (Fsp3) is 0.538. The van der Waals surface area contributed by atoms with Crippen LogP contribution >= 0.6 is 0 Å². The van der Waals surface area contributed by atoms with Crippen LogP contribution in [0.4, 0.5) is 4.39 Å². The fourth-order valence-electron chi connectivity index (χ4n) is 1.43. The Balaban J connectivity index is 2.51. The topological polar surface area (TPSA) is 58.9 Å². The number of benzene rings is 1. The number of aliphatic hydroxyl groups is 2. The predicted octanol–water partition coefficient (Wildman–Crippen LogP) is 1.66. The van der Waals surface area contributed by atoms with E-state index in [1.807, 2.05) is 6.92 Å².